The fraction of sp³-hybridized carbons (Fsp3) is 0.538. The molecule has 1 fully saturated rings. The molecule has 0 aromatic carbocycles. The van der Waals surface area contributed by atoms with Crippen LogP contribution in [0, 0.1) is 0 Å². The first-order valence-corrected chi connectivity index (χ1v) is 6.07. The van der Waals surface area contributed by atoms with Gasteiger partial charge < -0.3 is 19.6 Å². The maximum absolute atomic E-state index is 11.7. The van der Waals surface area contributed by atoms with Crippen molar-refractivity contribution in [2.45, 2.75) is 44.8 Å². The van der Waals surface area contributed by atoms with Gasteiger partial charge in [0.1, 0.15) is 16.9 Å². The molecule has 2 rings (SSSR count). The number of carboxylic acid groups (broad SMARTS) is 1. The van der Waals surface area contributed by atoms with Gasteiger partial charge in [0, 0.05) is 0 Å². The zero-order valence-corrected chi connectivity index (χ0v) is 11.1. The van der Waals surface area contributed by atoms with E-state index in [-0.39, 0.29) is 5.76 Å². The van der Waals surface area contributed by atoms with E-state index in [1.165, 1.54) is 6.07 Å². The molecule has 1 aliphatic carbocycles. The molecule has 1 heterocycles. The van der Waals surface area contributed by atoms with Crippen molar-refractivity contribution in [3.8, 4) is 0 Å². The lowest BCUT2D eigenvalue weighted by Crippen LogP contribution is -2.39. The van der Waals surface area contributed by atoms with Gasteiger partial charge in [-0.1, -0.05) is 0 Å². The molecule has 0 saturated heterocycles. The fourth-order valence-corrected chi connectivity index (χ4v) is 1.77. The van der Waals surface area contributed by atoms with E-state index < -0.39 is 23.2 Å². The maximum atomic E-state index is 11.7. The van der Waals surface area contributed by atoms with Crippen LogP contribution in [0.2, 0.25) is 0 Å². The quantitative estimate of drug-likeness (QED) is 0.878. The molecular weight excluding hydrogens is 250 g/mol. The van der Waals surface area contributed by atoms with E-state index >= 15 is 0 Å². The van der Waals surface area contributed by atoms with Crippen molar-refractivity contribution < 1.29 is 23.8 Å². The minimum Gasteiger partial charge on any atom is -0.475 e. The lowest BCUT2D eigenvalue weighted by atomic mass is 10.2. The fourth-order valence-electron chi connectivity index (χ4n) is 1.77. The van der Waals surface area contributed by atoms with Crippen molar-refractivity contribution in [2.24, 2.45) is 0 Å². The Labute approximate surface area is 110 Å². The number of ether oxygens (including phenoxy) is 1. The van der Waals surface area contributed by atoms with Crippen LogP contribution >= 0.6 is 0 Å². The zero-order chi connectivity index (χ0) is 14.3. The van der Waals surface area contributed by atoms with Crippen LogP contribution in [0.25, 0.3) is 0 Å². The minimum atomic E-state index is -1.13. The molecule has 6 heteroatoms. The summed E-state index contributed by atoms with van der Waals surface area (Å²) in [4.78, 5) is 22.5. The highest BCUT2D eigenvalue weighted by molar-refractivity contribution is 5.84. The molecule has 0 atom stereocenters. The van der Waals surface area contributed by atoms with Gasteiger partial charge in [0.05, 0.1) is 0 Å². The Kier molecular flexibility index (Phi) is 3.04. The van der Waals surface area contributed by atoms with Gasteiger partial charge in [0.15, 0.2) is 0 Å². The predicted molar refractivity (Wildman–Crippen MR) is 65.9 cm³/mol. The van der Waals surface area contributed by atoms with Crippen LogP contribution in [0.4, 0.5) is 4.79 Å². The van der Waals surface area contributed by atoms with E-state index in [1.807, 2.05) is 0 Å². The second-order valence-corrected chi connectivity index (χ2v) is 5.68. The Bertz CT molecular complexity index is 507. The van der Waals surface area contributed by atoms with Crippen molar-refractivity contribution in [2.75, 3.05) is 0 Å². The number of hydrogen-bond donors (Lipinski definition) is 2. The van der Waals surface area contributed by atoms with E-state index in [1.54, 1.807) is 26.8 Å². The molecule has 1 saturated carbocycles. The molecule has 1 aromatic heterocycles. The number of carboxylic acids is 1. The van der Waals surface area contributed by atoms with Crippen LogP contribution in [0.5, 0.6) is 0 Å². The molecule has 0 bridgehead atoms. The van der Waals surface area contributed by atoms with Crippen molar-refractivity contribution in [1.29, 1.82) is 0 Å². The first kappa shape index (κ1) is 13.5. The zero-order valence-electron chi connectivity index (χ0n) is 11.1. The third kappa shape index (κ3) is 3.07. The van der Waals surface area contributed by atoms with Gasteiger partial charge in [0.25, 0.3) is 0 Å². The Morgan fingerprint density at radius 2 is 2.00 bits per heavy atom. The van der Waals surface area contributed by atoms with Crippen LogP contribution in [0.15, 0.2) is 16.5 Å². The summed E-state index contributed by atoms with van der Waals surface area (Å²) in [7, 11) is 0. The van der Waals surface area contributed by atoms with Crippen LogP contribution in [-0.4, -0.2) is 22.8 Å². The van der Waals surface area contributed by atoms with Gasteiger partial charge in [0.2, 0.25) is 5.76 Å². The highest BCUT2D eigenvalue weighted by atomic mass is 16.6. The number of hydrogen-bond acceptors (Lipinski definition) is 4. The standard InChI is InChI=1S/C13H17NO5/c1-12(2,3)19-11(17)14-13(6-7-13)9-5-4-8(18-9)10(15)16/h4-5H,6-7H2,1-3H3,(H,14,17)(H,15,16). The largest absolute Gasteiger partial charge is 0.475 e. The highest BCUT2D eigenvalue weighted by Crippen LogP contribution is 2.46. The lowest BCUT2D eigenvalue weighted by molar-refractivity contribution is 0.0487. The summed E-state index contributed by atoms with van der Waals surface area (Å²) in [5.41, 5.74) is -1.19. The number of carbonyl (C=O) groups is 2. The summed E-state index contributed by atoms with van der Waals surface area (Å²) in [6.45, 7) is 5.34. The Balaban J connectivity index is 2.06. The van der Waals surface area contributed by atoms with Crippen molar-refractivity contribution in [3.63, 3.8) is 0 Å². The number of furan rings is 1. The molecule has 1 aliphatic rings. The summed E-state index contributed by atoms with van der Waals surface area (Å²) in [5.74, 6) is -0.803. The third-order valence-electron chi connectivity index (χ3n) is 2.78. The Morgan fingerprint density at radius 1 is 1.37 bits per heavy atom. The molecule has 1 amide bonds. The lowest BCUT2D eigenvalue weighted by Gasteiger charge is -2.22. The minimum absolute atomic E-state index is 0.132. The van der Waals surface area contributed by atoms with E-state index in [0.29, 0.717) is 18.6 Å². The van der Waals surface area contributed by atoms with E-state index in [4.69, 9.17) is 14.3 Å². The average molecular weight is 267 g/mol. The summed E-state index contributed by atoms with van der Waals surface area (Å²) in [6, 6.07) is 2.96. The first-order valence-electron chi connectivity index (χ1n) is 6.07. The predicted octanol–water partition coefficient (Wildman–Crippen LogP) is 2.49. The Hall–Kier alpha value is -1.98. The number of nitrogens with one attached hydrogen (secondary N) is 1. The molecular formula is C13H17NO5. The summed E-state index contributed by atoms with van der Waals surface area (Å²) < 4.78 is 10.4. The van der Waals surface area contributed by atoms with Gasteiger partial charge in [-0.15, -0.1) is 0 Å². The molecule has 6 nitrogen and oxygen atoms in total. The maximum Gasteiger partial charge on any atom is 0.408 e. The van der Waals surface area contributed by atoms with Gasteiger partial charge in [-0.2, -0.15) is 0 Å². The van der Waals surface area contributed by atoms with E-state index in [9.17, 15) is 9.59 Å². The van der Waals surface area contributed by atoms with Crippen molar-refractivity contribution in [3.05, 3.63) is 23.7 Å². The molecule has 0 unspecified atom stereocenters. The summed E-state index contributed by atoms with van der Waals surface area (Å²) in [5, 5.41) is 11.6. The number of aromatic carboxylic acids is 1. The van der Waals surface area contributed by atoms with Gasteiger partial charge in [-0.3, -0.25) is 0 Å². The third-order valence-corrected chi connectivity index (χ3v) is 2.78. The molecule has 19 heavy (non-hydrogen) atoms. The van der Waals surface area contributed by atoms with Gasteiger partial charge >= 0.3 is 12.1 Å². The number of rotatable bonds is 3. The summed E-state index contributed by atoms with van der Waals surface area (Å²) in [6.07, 6.45) is 0.885. The van der Waals surface area contributed by atoms with Crippen LogP contribution in [0.1, 0.15) is 49.9 Å². The number of amides is 1. The smallest absolute Gasteiger partial charge is 0.408 e. The second-order valence-electron chi connectivity index (χ2n) is 5.68. The molecule has 0 aliphatic heterocycles. The normalized spacial score (nSPS) is 16.8. The monoisotopic (exact) mass is 267 g/mol. The van der Waals surface area contributed by atoms with Crippen LogP contribution in [0.3, 0.4) is 0 Å². The topological polar surface area (TPSA) is 88.8 Å². The summed E-state index contributed by atoms with van der Waals surface area (Å²) >= 11 is 0. The van der Waals surface area contributed by atoms with Crippen molar-refractivity contribution in [1.82, 2.24) is 5.32 Å². The van der Waals surface area contributed by atoms with E-state index in [2.05, 4.69) is 5.32 Å². The number of alkyl carbamates (subject to hydrolysis) is 1. The molecule has 1 aromatic rings. The van der Waals surface area contributed by atoms with Crippen molar-refractivity contribution >= 4 is 12.1 Å². The van der Waals surface area contributed by atoms with Gasteiger partial charge in [-0.05, 0) is 45.7 Å². The molecule has 2 N–H and O–H groups in total. The van der Waals surface area contributed by atoms with Gasteiger partial charge in [-0.25, -0.2) is 9.59 Å². The molecule has 0 spiro atoms. The number of carbonyl (C=O) groups excluding carboxylic acids is 1. The highest BCUT2D eigenvalue weighted by Gasteiger charge is 2.49. The second kappa shape index (κ2) is 4.29. The van der Waals surface area contributed by atoms with E-state index in [0.717, 1.165) is 0 Å². The first-order chi connectivity index (χ1) is 8.72. The average Bonchev–Trinajstić information content (AvgIpc) is 2.84. The van der Waals surface area contributed by atoms with Crippen LogP contribution < -0.4 is 5.32 Å². The SMILES string of the molecule is CC(C)(C)OC(=O)NC1(c2ccc(C(=O)O)o2)CC1. The molecule has 104 valence electrons. The molecule has 0 radical (unpaired) electrons. The van der Waals surface area contributed by atoms with Crippen LogP contribution in [-0.2, 0) is 10.3 Å². The Morgan fingerprint density at radius 3 is 2.42 bits per heavy atom.